The standard InChI is InChI=1S/C11H18N2O4/c1-7(11(16)17)10(15)13-5-3-8(4-6-13)9(14)12-2/h7-8H,3-6H2,1-2H3,(H,12,14)(H,16,17). The number of amides is 2. The number of carboxylic acid groups (broad SMARTS) is 1. The minimum absolute atomic E-state index is 0.0108. The zero-order valence-electron chi connectivity index (χ0n) is 10.1. The van der Waals surface area contributed by atoms with Crippen molar-refractivity contribution in [1.29, 1.82) is 0 Å². The molecule has 96 valence electrons. The van der Waals surface area contributed by atoms with Crippen molar-refractivity contribution in [1.82, 2.24) is 10.2 Å². The van der Waals surface area contributed by atoms with Gasteiger partial charge in [0.2, 0.25) is 11.8 Å². The molecule has 1 saturated heterocycles. The van der Waals surface area contributed by atoms with Crippen LogP contribution < -0.4 is 5.32 Å². The molecule has 0 radical (unpaired) electrons. The lowest BCUT2D eigenvalue weighted by molar-refractivity contribution is -0.151. The number of carbonyl (C=O) groups excluding carboxylic acids is 2. The topological polar surface area (TPSA) is 86.7 Å². The van der Waals surface area contributed by atoms with Crippen LogP contribution in [0, 0.1) is 11.8 Å². The lowest BCUT2D eigenvalue weighted by Gasteiger charge is -2.32. The third kappa shape index (κ3) is 3.18. The lowest BCUT2D eigenvalue weighted by Crippen LogP contribution is -2.45. The molecule has 6 heteroatoms. The highest BCUT2D eigenvalue weighted by Crippen LogP contribution is 2.18. The van der Waals surface area contributed by atoms with Crippen LogP contribution in [0.25, 0.3) is 0 Å². The van der Waals surface area contributed by atoms with Crippen LogP contribution in [0.1, 0.15) is 19.8 Å². The van der Waals surface area contributed by atoms with E-state index in [0.29, 0.717) is 25.9 Å². The maximum atomic E-state index is 11.7. The highest BCUT2D eigenvalue weighted by atomic mass is 16.4. The van der Waals surface area contributed by atoms with E-state index in [2.05, 4.69) is 5.32 Å². The number of carboxylic acids is 1. The van der Waals surface area contributed by atoms with Crippen LogP contribution in [0.4, 0.5) is 0 Å². The average Bonchev–Trinajstić information content (AvgIpc) is 2.36. The van der Waals surface area contributed by atoms with Gasteiger partial charge in [0.1, 0.15) is 5.92 Å². The predicted octanol–water partition coefficient (Wildman–Crippen LogP) is -0.308. The SMILES string of the molecule is CNC(=O)C1CCN(C(=O)C(C)C(=O)O)CC1. The number of carbonyl (C=O) groups is 3. The second-order valence-corrected chi connectivity index (χ2v) is 4.27. The summed E-state index contributed by atoms with van der Waals surface area (Å²) in [5.74, 6) is -2.56. The number of rotatable bonds is 3. The van der Waals surface area contributed by atoms with E-state index < -0.39 is 11.9 Å². The van der Waals surface area contributed by atoms with Crippen molar-refractivity contribution in [2.75, 3.05) is 20.1 Å². The van der Waals surface area contributed by atoms with Gasteiger partial charge < -0.3 is 15.3 Å². The summed E-state index contributed by atoms with van der Waals surface area (Å²) in [7, 11) is 1.59. The first-order chi connectivity index (χ1) is 7.97. The Labute approximate surface area is 100.0 Å². The van der Waals surface area contributed by atoms with Crippen molar-refractivity contribution in [2.24, 2.45) is 11.8 Å². The molecule has 0 spiro atoms. The molecule has 0 aromatic carbocycles. The summed E-state index contributed by atoms with van der Waals surface area (Å²) in [5.41, 5.74) is 0. The highest BCUT2D eigenvalue weighted by molar-refractivity contribution is 5.96. The van der Waals surface area contributed by atoms with Crippen LogP contribution in [0.2, 0.25) is 0 Å². The second kappa shape index (κ2) is 5.65. The first kappa shape index (κ1) is 13.5. The normalized spacial score (nSPS) is 18.6. The minimum Gasteiger partial charge on any atom is -0.481 e. The van der Waals surface area contributed by atoms with E-state index in [0.717, 1.165) is 0 Å². The number of likely N-dealkylation sites (tertiary alicyclic amines) is 1. The maximum Gasteiger partial charge on any atom is 0.315 e. The van der Waals surface area contributed by atoms with E-state index in [1.54, 1.807) is 7.05 Å². The van der Waals surface area contributed by atoms with Crippen LogP contribution in [0.3, 0.4) is 0 Å². The van der Waals surface area contributed by atoms with Gasteiger partial charge in [-0.1, -0.05) is 0 Å². The Morgan fingerprint density at radius 3 is 2.24 bits per heavy atom. The van der Waals surface area contributed by atoms with Crippen molar-refractivity contribution < 1.29 is 19.5 Å². The Kier molecular flexibility index (Phi) is 4.48. The minimum atomic E-state index is -1.11. The largest absolute Gasteiger partial charge is 0.481 e. The van der Waals surface area contributed by atoms with Gasteiger partial charge in [-0.05, 0) is 19.8 Å². The summed E-state index contributed by atoms with van der Waals surface area (Å²) >= 11 is 0. The first-order valence-corrected chi connectivity index (χ1v) is 5.70. The van der Waals surface area contributed by atoms with Crippen molar-refractivity contribution in [3.05, 3.63) is 0 Å². The number of nitrogens with one attached hydrogen (secondary N) is 1. The molecular weight excluding hydrogens is 224 g/mol. The van der Waals surface area contributed by atoms with Gasteiger partial charge >= 0.3 is 5.97 Å². The molecule has 17 heavy (non-hydrogen) atoms. The Morgan fingerprint density at radius 2 is 1.82 bits per heavy atom. The Morgan fingerprint density at radius 1 is 1.29 bits per heavy atom. The molecule has 0 saturated carbocycles. The quantitative estimate of drug-likeness (QED) is 0.665. The van der Waals surface area contributed by atoms with Gasteiger partial charge in [-0.3, -0.25) is 14.4 Å². The monoisotopic (exact) mass is 242 g/mol. The van der Waals surface area contributed by atoms with Crippen molar-refractivity contribution in [3.8, 4) is 0 Å². The van der Waals surface area contributed by atoms with Crippen molar-refractivity contribution in [2.45, 2.75) is 19.8 Å². The fraction of sp³-hybridized carbons (Fsp3) is 0.727. The molecule has 1 aliphatic rings. The molecule has 1 rings (SSSR count). The van der Waals surface area contributed by atoms with Crippen LogP contribution in [0.5, 0.6) is 0 Å². The number of nitrogens with zero attached hydrogens (tertiary/aromatic N) is 1. The average molecular weight is 242 g/mol. The molecular formula is C11H18N2O4. The molecule has 1 aliphatic heterocycles. The Bertz CT molecular complexity index is 321. The number of piperidine rings is 1. The summed E-state index contributed by atoms with van der Waals surface area (Å²) in [6.07, 6.45) is 1.19. The molecule has 6 nitrogen and oxygen atoms in total. The van der Waals surface area contributed by atoms with E-state index in [9.17, 15) is 14.4 Å². The molecule has 0 aliphatic carbocycles. The summed E-state index contributed by atoms with van der Waals surface area (Å²) in [4.78, 5) is 35.3. The third-order valence-electron chi connectivity index (χ3n) is 3.16. The van der Waals surface area contributed by atoms with Gasteiger partial charge in [-0.2, -0.15) is 0 Å². The molecule has 2 N–H and O–H groups in total. The fourth-order valence-corrected chi connectivity index (χ4v) is 1.95. The molecule has 0 bridgehead atoms. The van der Waals surface area contributed by atoms with E-state index in [1.165, 1.54) is 11.8 Å². The number of aliphatic carboxylic acids is 1. The summed E-state index contributed by atoms with van der Waals surface area (Å²) in [5, 5.41) is 11.3. The predicted molar refractivity (Wildman–Crippen MR) is 60.2 cm³/mol. The van der Waals surface area contributed by atoms with Crippen LogP contribution in [0.15, 0.2) is 0 Å². The molecule has 1 unspecified atom stereocenters. The highest BCUT2D eigenvalue weighted by Gasteiger charge is 2.31. The Hall–Kier alpha value is -1.59. The Balaban J connectivity index is 2.49. The zero-order chi connectivity index (χ0) is 13.0. The van der Waals surface area contributed by atoms with Gasteiger partial charge in [-0.25, -0.2) is 0 Å². The van der Waals surface area contributed by atoms with E-state index >= 15 is 0 Å². The number of hydrogen-bond acceptors (Lipinski definition) is 3. The number of hydrogen-bond donors (Lipinski definition) is 2. The van der Waals surface area contributed by atoms with Crippen LogP contribution in [-0.4, -0.2) is 47.9 Å². The summed E-state index contributed by atoms with van der Waals surface area (Å²) in [6, 6.07) is 0. The molecule has 1 heterocycles. The zero-order valence-corrected chi connectivity index (χ0v) is 10.1. The maximum absolute atomic E-state index is 11.7. The summed E-state index contributed by atoms with van der Waals surface area (Å²) in [6.45, 7) is 2.29. The van der Waals surface area contributed by atoms with Gasteiger partial charge in [-0.15, -0.1) is 0 Å². The fourth-order valence-electron chi connectivity index (χ4n) is 1.95. The van der Waals surface area contributed by atoms with Crippen molar-refractivity contribution in [3.63, 3.8) is 0 Å². The van der Waals surface area contributed by atoms with Crippen LogP contribution in [-0.2, 0) is 14.4 Å². The van der Waals surface area contributed by atoms with E-state index in [4.69, 9.17) is 5.11 Å². The van der Waals surface area contributed by atoms with Crippen LogP contribution >= 0.6 is 0 Å². The summed E-state index contributed by atoms with van der Waals surface area (Å²) < 4.78 is 0. The molecule has 2 amide bonds. The van der Waals surface area contributed by atoms with E-state index in [-0.39, 0.29) is 17.7 Å². The third-order valence-corrected chi connectivity index (χ3v) is 3.16. The van der Waals surface area contributed by atoms with Gasteiger partial charge in [0.05, 0.1) is 0 Å². The smallest absolute Gasteiger partial charge is 0.315 e. The second-order valence-electron chi connectivity index (χ2n) is 4.27. The first-order valence-electron chi connectivity index (χ1n) is 5.70. The van der Waals surface area contributed by atoms with Gasteiger partial charge in [0, 0.05) is 26.1 Å². The molecule has 0 aromatic heterocycles. The molecule has 0 aromatic rings. The van der Waals surface area contributed by atoms with E-state index in [1.807, 2.05) is 0 Å². The van der Waals surface area contributed by atoms with Gasteiger partial charge in [0.15, 0.2) is 0 Å². The van der Waals surface area contributed by atoms with Gasteiger partial charge in [0.25, 0.3) is 0 Å². The molecule has 1 atom stereocenters. The lowest BCUT2D eigenvalue weighted by atomic mass is 9.95. The molecule has 1 fully saturated rings. The van der Waals surface area contributed by atoms with Crippen molar-refractivity contribution >= 4 is 17.8 Å².